The van der Waals surface area contributed by atoms with Crippen LogP contribution in [0.4, 0.5) is 5.69 Å². The fourth-order valence-corrected chi connectivity index (χ4v) is 3.39. The van der Waals surface area contributed by atoms with E-state index in [9.17, 15) is 0 Å². The Morgan fingerprint density at radius 2 is 1.88 bits per heavy atom. The summed E-state index contributed by atoms with van der Waals surface area (Å²) in [6, 6.07) is 12.2. The maximum atomic E-state index is 5.97. The second-order valence-electron chi connectivity index (χ2n) is 7.12. The molecule has 0 spiro atoms. The topological polar surface area (TPSA) is 58.5 Å². The highest BCUT2D eigenvalue weighted by molar-refractivity contribution is 5.58. The first-order valence-corrected chi connectivity index (χ1v) is 8.97. The van der Waals surface area contributed by atoms with Crippen LogP contribution in [0.15, 0.2) is 45.2 Å². The van der Waals surface area contributed by atoms with Gasteiger partial charge in [-0.15, -0.1) is 10.2 Å². The second kappa shape index (κ2) is 6.96. The minimum absolute atomic E-state index is 0.286. The fraction of sp³-hybridized carbons (Fsp3) is 0.400. The minimum Gasteiger partial charge on any atom is -0.465 e. The van der Waals surface area contributed by atoms with Crippen molar-refractivity contribution in [1.82, 2.24) is 15.1 Å². The van der Waals surface area contributed by atoms with Gasteiger partial charge in [0.25, 0.3) is 0 Å². The molecule has 1 saturated heterocycles. The highest BCUT2D eigenvalue weighted by Gasteiger charge is 2.28. The number of hydrogen-bond acceptors (Lipinski definition) is 6. The minimum atomic E-state index is 0.286. The van der Waals surface area contributed by atoms with Crippen LogP contribution in [0.5, 0.6) is 0 Å². The first-order chi connectivity index (χ1) is 12.6. The fourth-order valence-electron chi connectivity index (χ4n) is 3.39. The van der Waals surface area contributed by atoms with Crippen LogP contribution in [0.2, 0.25) is 0 Å². The van der Waals surface area contributed by atoms with E-state index in [1.54, 1.807) is 0 Å². The summed E-state index contributed by atoms with van der Waals surface area (Å²) >= 11 is 0. The highest BCUT2D eigenvalue weighted by Crippen LogP contribution is 2.30. The molecule has 4 rings (SSSR count). The summed E-state index contributed by atoms with van der Waals surface area (Å²) < 4.78 is 11.6. The van der Waals surface area contributed by atoms with Gasteiger partial charge in [0.1, 0.15) is 11.5 Å². The molecule has 3 heterocycles. The van der Waals surface area contributed by atoms with Crippen LogP contribution in [0.1, 0.15) is 29.7 Å². The molecule has 1 aliphatic heterocycles. The lowest BCUT2D eigenvalue weighted by molar-refractivity contribution is 0.287. The highest BCUT2D eigenvalue weighted by atomic mass is 16.4. The maximum Gasteiger partial charge on any atom is 0.247 e. The number of furan rings is 1. The van der Waals surface area contributed by atoms with Crippen molar-refractivity contribution < 1.29 is 8.83 Å². The van der Waals surface area contributed by atoms with E-state index < -0.39 is 0 Å². The van der Waals surface area contributed by atoms with E-state index in [4.69, 9.17) is 8.83 Å². The Balaban J connectivity index is 1.41. The third-order valence-corrected chi connectivity index (χ3v) is 4.87. The number of likely N-dealkylation sites (tertiary alicyclic amines) is 1. The van der Waals surface area contributed by atoms with E-state index >= 15 is 0 Å². The monoisotopic (exact) mass is 352 g/mol. The standard InChI is InChI=1S/C20H24N4O2/c1-14-4-9-18(25-14)13-24-11-10-16(12-24)20-22-21-19(26-20)15-5-7-17(8-6-15)23(2)3/h4-9,16H,10-13H2,1-3H3. The molecule has 6 nitrogen and oxygen atoms in total. The van der Waals surface area contributed by atoms with Crippen molar-refractivity contribution in [2.45, 2.75) is 25.8 Å². The van der Waals surface area contributed by atoms with E-state index in [1.165, 1.54) is 0 Å². The van der Waals surface area contributed by atoms with E-state index in [0.29, 0.717) is 5.89 Å². The third-order valence-electron chi connectivity index (χ3n) is 4.87. The molecule has 0 bridgehead atoms. The zero-order chi connectivity index (χ0) is 18.1. The number of aryl methyl sites for hydroxylation is 1. The predicted molar refractivity (Wildman–Crippen MR) is 100 cm³/mol. The summed E-state index contributed by atoms with van der Waals surface area (Å²) in [4.78, 5) is 4.44. The van der Waals surface area contributed by atoms with Crippen LogP contribution in [-0.2, 0) is 6.54 Å². The van der Waals surface area contributed by atoms with Gasteiger partial charge in [-0.25, -0.2) is 0 Å². The van der Waals surface area contributed by atoms with E-state index in [-0.39, 0.29) is 5.92 Å². The quantitative estimate of drug-likeness (QED) is 0.698. The lowest BCUT2D eigenvalue weighted by Crippen LogP contribution is -2.19. The summed E-state index contributed by atoms with van der Waals surface area (Å²) in [5.74, 6) is 3.57. The van der Waals surface area contributed by atoms with Crippen LogP contribution in [0.25, 0.3) is 11.5 Å². The largest absolute Gasteiger partial charge is 0.465 e. The van der Waals surface area contributed by atoms with Gasteiger partial charge < -0.3 is 13.7 Å². The van der Waals surface area contributed by atoms with Crippen LogP contribution < -0.4 is 4.90 Å². The summed E-state index contributed by atoms with van der Waals surface area (Å²) in [6.07, 6.45) is 1.03. The first-order valence-electron chi connectivity index (χ1n) is 8.97. The molecule has 2 aromatic heterocycles. The Morgan fingerprint density at radius 1 is 1.08 bits per heavy atom. The van der Waals surface area contributed by atoms with E-state index in [1.807, 2.05) is 45.3 Å². The summed E-state index contributed by atoms with van der Waals surface area (Å²) in [5, 5.41) is 8.55. The van der Waals surface area contributed by atoms with Gasteiger partial charge >= 0.3 is 0 Å². The summed E-state index contributed by atoms with van der Waals surface area (Å²) in [5.41, 5.74) is 2.10. The normalized spacial score (nSPS) is 17.7. The van der Waals surface area contributed by atoms with Gasteiger partial charge in [0.2, 0.25) is 11.8 Å². The zero-order valence-electron chi connectivity index (χ0n) is 15.5. The van der Waals surface area contributed by atoms with Gasteiger partial charge in [0.05, 0.1) is 12.5 Å². The first kappa shape index (κ1) is 16.8. The molecule has 0 N–H and O–H groups in total. The van der Waals surface area contributed by atoms with Crippen molar-refractivity contribution in [2.75, 3.05) is 32.1 Å². The van der Waals surface area contributed by atoms with Crippen molar-refractivity contribution in [1.29, 1.82) is 0 Å². The zero-order valence-corrected chi connectivity index (χ0v) is 15.5. The SMILES string of the molecule is Cc1ccc(CN2CCC(c3nnc(-c4ccc(N(C)C)cc4)o3)C2)o1. The van der Waals surface area contributed by atoms with Crippen molar-refractivity contribution in [3.63, 3.8) is 0 Å². The molecule has 1 atom stereocenters. The number of rotatable bonds is 5. The molecule has 1 unspecified atom stereocenters. The maximum absolute atomic E-state index is 5.97. The average molecular weight is 352 g/mol. The van der Waals surface area contributed by atoms with Crippen molar-refractivity contribution in [3.8, 4) is 11.5 Å². The van der Waals surface area contributed by atoms with Crippen molar-refractivity contribution in [3.05, 3.63) is 53.8 Å². The van der Waals surface area contributed by atoms with Crippen molar-refractivity contribution >= 4 is 5.69 Å². The van der Waals surface area contributed by atoms with Gasteiger partial charge in [-0.05, 0) is 56.3 Å². The Morgan fingerprint density at radius 3 is 2.58 bits per heavy atom. The number of anilines is 1. The smallest absolute Gasteiger partial charge is 0.247 e. The second-order valence-corrected chi connectivity index (χ2v) is 7.12. The Hall–Kier alpha value is -2.60. The number of nitrogens with zero attached hydrogens (tertiary/aromatic N) is 4. The van der Waals surface area contributed by atoms with Crippen LogP contribution in [0, 0.1) is 6.92 Å². The number of aromatic nitrogens is 2. The van der Waals surface area contributed by atoms with Crippen molar-refractivity contribution in [2.24, 2.45) is 0 Å². The van der Waals surface area contributed by atoms with Crippen LogP contribution in [0.3, 0.4) is 0 Å². The van der Waals surface area contributed by atoms with Gasteiger partial charge in [-0.3, -0.25) is 4.90 Å². The van der Waals surface area contributed by atoms with Gasteiger partial charge in [0.15, 0.2) is 0 Å². The van der Waals surface area contributed by atoms with Gasteiger partial charge in [0, 0.05) is 31.9 Å². The van der Waals surface area contributed by atoms with E-state index in [0.717, 1.165) is 54.7 Å². The Labute approximate surface area is 153 Å². The Bertz CT molecular complexity index is 866. The van der Waals surface area contributed by atoms with E-state index in [2.05, 4.69) is 32.1 Å². The summed E-state index contributed by atoms with van der Waals surface area (Å²) in [6.45, 7) is 4.74. The summed E-state index contributed by atoms with van der Waals surface area (Å²) in [7, 11) is 4.05. The average Bonchev–Trinajstić information content (AvgIpc) is 3.36. The molecule has 0 amide bonds. The molecule has 26 heavy (non-hydrogen) atoms. The van der Waals surface area contributed by atoms with Crippen LogP contribution >= 0.6 is 0 Å². The Kier molecular flexibility index (Phi) is 4.51. The van der Waals surface area contributed by atoms with Crippen LogP contribution in [-0.4, -0.2) is 42.3 Å². The lowest BCUT2D eigenvalue weighted by Gasteiger charge is -2.13. The molecular weight excluding hydrogens is 328 g/mol. The molecule has 0 radical (unpaired) electrons. The molecule has 1 aliphatic rings. The molecule has 0 aliphatic carbocycles. The molecule has 3 aromatic rings. The molecule has 1 aromatic carbocycles. The molecule has 136 valence electrons. The predicted octanol–water partition coefficient (Wildman–Crippen LogP) is 3.69. The number of hydrogen-bond donors (Lipinski definition) is 0. The number of benzene rings is 1. The molecule has 1 fully saturated rings. The lowest BCUT2D eigenvalue weighted by atomic mass is 10.1. The van der Waals surface area contributed by atoms with Gasteiger partial charge in [-0.2, -0.15) is 0 Å². The molecule has 0 saturated carbocycles. The molecule has 6 heteroatoms. The third kappa shape index (κ3) is 3.51. The molecular formula is C20H24N4O2. The van der Waals surface area contributed by atoms with Gasteiger partial charge in [-0.1, -0.05) is 0 Å².